The summed E-state index contributed by atoms with van der Waals surface area (Å²) in [5, 5.41) is 8.02. The topological polar surface area (TPSA) is 56.7 Å². The third-order valence-corrected chi connectivity index (χ3v) is 2.78. The number of aryl methyl sites for hydroxylation is 1. The van der Waals surface area contributed by atoms with Crippen LogP contribution in [-0.4, -0.2) is 19.9 Å². The molecule has 1 aromatic carbocycles. The second kappa shape index (κ2) is 4.64. The smallest absolute Gasteiger partial charge is 0.248 e. The van der Waals surface area contributed by atoms with Crippen molar-refractivity contribution >= 4 is 0 Å². The first-order chi connectivity index (χ1) is 9.22. The third kappa shape index (κ3) is 2.37. The summed E-state index contributed by atoms with van der Waals surface area (Å²) in [4.78, 5) is 4.27. The fraction of sp³-hybridized carbons (Fsp3) is 0.154. The number of nitrogens with zero attached hydrogens (tertiary/aromatic N) is 4. The van der Waals surface area contributed by atoms with E-state index in [1.54, 1.807) is 23.0 Å². The van der Waals surface area contributed by atoms with Crippen LogP contribution in [0.5, 0.6) is 0 Å². The number of benzene rings is 1. The van der Waals surface area contributed by atoms with Crippen molar-refractivity contribution < 1.29 is 8.91 Å². The lowest BCUT2D eigenvalue weighted by Gasteiger charge is -1.98. The molecule has 0 spiro atoms. The molecule has 0 unspecified atom stereocenters. The van der Waals surface area contributed by atoms with Crippen molar-refractivity contribution in [2.24, 2.45) is 0 Å². The molecule has 0 aliphatic carbocycles. The third-order valence-electron chi connectivity index (χ3n) is 2.78. The molecular weight excluding hydrogens is 247 g/mol. The Morgan fingerprint density at radius 1 is 1.21 bits per heavy atom. The summed E-state index contributed by atoms with van der Waals surface area (Å²) in [6.45, 7) is 2.37. The maximum atomic E-state index is 12.8. The molecule has 0 amide bonds. The van der Waals surface area contributed by atoms with Crippen molar-refractivity contribution in [3.63, 3.8) is 0 Å². The van der Waals surface area contributed by atoms with Gasteiger partial charge in [0.05, 0.1) is 0 Å². The minimum absolute atomic E-state index is 0.292. The molecule has 2 aromatic heterocycles. The number of halogens is 1. The summed E-state index contributed by atoms with van der Waals surface area (Å²) in [6.07, 6.45) is 1.71. The fourth-order valence-corrected chi connectivity index (χ4v) is 1.73. The Kier molecular flexibility index (Phi) is 2.83. The maximum Gasteiger partial charge on any atom is 0.248 e. The van der Waals surface area contributed by atoms with Crippen molar-refractivity contribution in [3.8, 4) is 11.4 Å². The van der Waals surface area contributed by atoms with Gasteiger partial charge in [-0.25, -0.2) is 4.39 Å². The van der Waals surface area contributed by atoms with E-state index in [-0.39, 0.29) is 5.82 Å². The van der Waals surface area contributed by atoms with Gasteiger partial charge in [-0.1, -0.05) is 5.16 Å². The number of aromatic nitrogens is 4. The van der Waals surface area contributed by atoms with E-state index in [1.807, 2.05) is 13.0 Å². The average molecular weight is 258 g/mol. The standard InChI is InChI=1S/C13H11FN4O/c1-9-6-7-15-18(9)8-12-16-13(17-19-12)10-2-4-11(14)5-3-10/h2-7H,8H2,1H3. The highest BCUT2D eigenvalue weighted by molar-refractivity contribution is 5.53. The fourth-order valence-electron chi connectivity index (χ4n) is 1.73. The van der Waals surface area contributed by atoms with Crippen molar-refractivity contribution in [1.82, 2.24) is 19.9 Å². The molecule has 3 aromatic rings. The van der Waals surface area contributed by atoms with E-state index < -0.39 is 0 Å². The van der Waals surface area contributed by atoms with Crippen LogP contribution in [-0.2, 0) is 6.54 Å². The zero-order valence-corrected chi connectivity index (χ0v) is 10.2. The van der Waals surface area contributed by atoms with E-state index in [4.69, 9.17) is 4.52 Å². The van der Waals surface area contributed by atoms with Gasteiger partial charge in [-0.05, 0) is 37.3 Å². The van der Waals surface area contributed by atoms with Crippen molar-refractivity contribution in [2.75, 3.05) is 0 Å². The van der Waals surface area contributed by atoms with E-state index >= 15 is 0 Å². The summed E-state index contributed by atoms with van der Waals surface area (Å²) >= 11 is 0. The van der Waals surface area contributed by atoms with Gasteiger partial charge in [0.1, 0.15) is 12.4 Å². The van der Waals surface area contributed by atoms with E-state index in [2.05, 4.69) is 15.2 Å². The van der Waals surface area contributed by atoms with Crippen LogP contribution >= 0.6 is 0 Å². The first kappa shape index (κ1) is 11.6. The highest BCUT2D eigenvalue weighted by atomic mass is 19.1. The van der Waals surface area contributed by atoms with Gasteiger partial charge in [0.15, 0.2) is 0 Å². The van der Waals surface area contributed by atoms with Gasteiger partial charge in [0, 0.05) is 17.5 Å². The Labute approximate surface area is 108 Å². The van der Waals surface area contributed by atoms with Crippen LogP contribution in [0.1, 0.15) is 11.6 Å². The van der Waals surface area contributed by atoms with E-state index in [0.717, 1.165) is 5.69 Å². The second-order valence-electron chi connectivity index (χ2n) is 4.15. The predicted octanol–water partition coefficient (Wildman–Crippen LogP) is 2.43. The van der Waals surface area contributed by atoms with Crippen LogP contribution in [0.2, 0.25) is 0 Å². The van der Waals surface area contributed by atoms with E-state index in [0.29, 0.717) is 23.8 Å². The largest absolute Gasteiger partial charge is 0.337 e. The molecule has 3 rings (SSSR count). The lowest BCUT2D eigenvalue weighted by molar-refractivity contribution is 0.365. The number of hydrogen-bond acceptors (Lipinski definition) is 4. The maximum absolute atomic E-state index is 12.8. The summed E-state index contributed by atoms with van der Waals surface area (Å²) < 4.78 is 19.8. The van der Waals surface area contributed by atoms with Gasteiger partial charge in [-0.3, -0.25) is 4.68 Å². The normalized spacial score (nSPS) is 10.8. The lowest BCUT2D eigenvalue weighted by atomic mass is 10.2. The lowest BCUT2D eigenvalue weighted by Crippen LogP contribution is -2.03. The molecular formula is C13H11FN4O. The molecule has 5 nitrogen and oxygen atoms in total. The molecule has 6 heteroatoms. The van der Waals surface area contributed by atoms with Gasteiger partial charge in [-0.15, -0.1) is 0 Å². The van der Waals surface area contributed by atoms with Crippen molar-refractivity contribution in [1.29, 1.82) is 0 Å². The Morgan fingerprint density at radius 3 is 2.68 bits per heavy atom. The molecule has 0 atom stereocenters. The Bertz CT molecular complexity index is 687. The Balaban J connectivity index is 1.83. The summed E-state index contributed by atoms with van der Waals surface area (Å²) in [5.74, 6) is 0.616. The Morgan fingerprint density at radius 2 is 2.00 bits per heavy atom. The molecule has 2 heterocycles. The van der Waals surface area contributed by atoms with Crippen LogP contribution in [0, 0.1) is 12.7 Å². The summed E-state index contributed by atoms with van der Waals surface area (Å²) in [7, 11) is 0. The molecule has 0 N–H and O–H groups in total. The molecule has 19 heavy (non-hydrogen) atoms. The molecule has 0 radical (unpaired) electrons. The van der Waals surface area contributed by atoms with Gasteiger partial charge >= 0.3 is 0 Å². The summed E-state index contributed by atoms with van der Waals surface area (Å²) in [5.41, 5.74) is 1.73. The first-order valence-corrected chi connectivity index (χ1v) is 5.79. The van der Waals surface area contributed by atoms with Gasteiger partial charge in [-0.2, -0.15) is 10.1 Å². The van der Waals surface area contributed by atoms with Gasteiger partial charge in [0.25, 0.3) is 0 Å². The number of rotatable bonds is 3. The predicted molar refractivity (Wildman–Crippen MR) is 65.8 cm³/mol. The average Bonchev–Trinajstić information content (AvgIpc) is 3.01. The van der Waals surface area contributed by atoms with Crippen LogP contribution in [0.25, 0.3) is 11.4 Å². The van der Waals surface area contributed by atoms with Crippen LogP contribution < -0.4 is 0 Å². The van der Waals surface area contributed by atoms with Crippen LogP contribution in [0.15, 0.2) is 41.1 Å². The van der Waals surface area contributed by atoms with Crippen molar-refractivity contribution in [3.05, 3.63) is 53.9 Å². The van der Waals surface area contributed by atoms with Gasteiger partial charge in [0.2, 0.25) is 11.7 Å². The molecule has 0 bridgehead atoms. The van der Waals surface area contributed by atoms with E-state index in [1.165, 1.54) is 12.1 Å². The molecule has 0 aliphatic heterocycles. The molecule has 0 aliphatic rings. The molecule has 0 saturated heterocycles. The minimum atomic E-state index is -0.292. The van der Waals surface area contributed by atoms with Crippen molar-refractivity contribution in [2.45, 2.75) is 13.5 Å². The highest BCUT2D eigenvalue weighted by Gasteiger charge is 2.10. The van der Waals surface area contributed by atoms with Gasteiger partial charge < -0.3 is 4.52 Å². The minimum Gasteiger partial charge on any atom is -0.337 e. The quantitative estimate of drug-likeness (QED) is 0.724. The number of hydrogen-bond donors (Lipinski definition) is 0. The molecule has 96 valence electrons. The second-order valence-corrected chi connectivity index (χ2v) is 4.15. The Hall–Kier alpha value is -2.50. The summed E-state index contributed by atoms with van der Waals surface area (Å²) in [6, 6.07) is 7.86. The van der Waals surface area contributed by atoms with Crippen LogP contribution in [0.3, 0.4) is 0 Å². The van der Waals surface area contributed by atoms with E-state index in [9.17, 15) is 4.39 Å². The first-order valence-electron chi connectivity index (χ1n) is 5.79. The zero-order valence-electron chi connectivity index (χ0n) is 10.2. The SMILES string of the molecule is Cc1ccnn1Cc1nc(-c2ccc(F)cc2)no1. The molecule has 0 saturated carbocycles. The monoisotopic (exact) mass is 258 g/mol. The highest BCUT2D eigenvalue weighted by Crippen LogP contribution is 2.16. The van der Waals surface area contributed by atoms with Crippen LogP contribution in [0.4, 0.5) is 4.39 Å². The molecule has 0 fully saturated rings. The zero-order chi connectivity index (χ0) is 13.2.